The lowest BCUT2D eigenvalue weighted by atomic mass is 9.74. The fourth-order valence-electron chi connectivity index (χ4n) is 4.36. The van der Waals surface area contributed by atoms with Crippen LogP contribution in [0.4, 0.5) is 0 Å². The molecule has 1 aromatic heterocycles. The molecule has 2 aliphatic heterocycles. The summed E-state index contributed by atoms with van der Waals surface area (Å²) in [7, 11) is 0. The molecule has 0 radical (unpaired) electrons. The third-order valence-electron chi connectivity index (χ3n) is 5.80. The summed E-state index contributed by atoms with van der Waals surface area (Å²) in [6.07, 6.45) is 2.52. The minimum atomic E-state index is -0.950. The van der Waals surface area contributed by atoms with Gasteiger partial charge in [0.25, 0.3) is 0 Å². The fraction of sp³-hybridized carbons (Fsp3) is 0.550. The number of piperidine rings is 1. The highest BCUT2D eigenvalue weighted by Gasteiger charge is 2.59. The van der Waals surface area contributed by atoms with Gasteiger partial charge in [-0.1, -0.05) is 18.2 Å². The van der Waals surface area contributed by atoms with Crippen LogP contribution in [0.1, 0.15) is 25.3 Å². The molecular formula is C20H26N2O4. The molecule has 0 bridgehead atoms. The van der Waals surface area contributed by atoms with Gasteiger partial charge in [-0.2, -0.15) is 0 Å². The van der Waals surface area contributed by atoms with Gasteiger partial charge in [-0.25, -0.2) is 0 Å². The van der Waals surface area contributed by atoms with Gasteiger partial charge >= 0.3 is 0 Å². The van der Waals surface area contributed by atoms with E-state index in [1.54, 1.807) is 0 Å². The molecule has 0 saturated carbocycles. The van der Waals surface area contributed by atoms with Crippen LogP contribution in [0, 0.1) is 5.41 Å². The Morgan fingerprint density at radius 2 is 2.27 bits per heavy atom. The zero-order chi connectivity index (χ0) is 18.1. The molecule has 2 saturated heterocycles. The van der Waals surface area contributed by atoms with Gasteiger partial charge in [0.2, 0.25) is 5.91 Å². The molecule has 2 fully saturated rings. The number of amides is 1. The molecule has 140 valence electrons. The SMILES string of the molecule is CCOC1OCCC12C(=O)N(CCc1c[nH]c3ccccc13)CCC2O. The van der Waals surface area contributed by atoms with Crippen LogP contribution in [0.3, 0.4) is 0 Å². The highest BCUT2D eigenvalue weighted by atomic mass is 16.7. The predicted octanol–water partition coefficient (Wildman–Crippen LogP) is 2.07. The summed E-state index contributed by atoms with van der Waals surface area (Å²) in [5.74, 6) is -0.0351. The van der Waals surface area contributed by atoms with E-state index in [-0.39, 0.29) is 5.91 Å². The van der Waals surface area contributed by atoms with E-state index in [1.165, 1.54) is 10.9 Å². The van der Waals surface area contributed by atoms with Crippen molar-refractivity contribution >= 4 is 16.8 Å². The maximum absolute atomic E-state index is 13.3. The van der Waals surface area contributed by atoms with Gasteiger partial charge in [0.1, 0.15) is 5.41 Å². The van der Waals surface area contributed by atoms with Crippen molar-refractivity contribution in [1.29, 1.82) is 0 Å². The van der Waals surface area contributed by atoms with Crippen LogP contribution in [-0.2, 0) is 20.7 Å². The number of aromatic amines is 1. The number of nitrogens with one attached hydrogen (secondary N) is 1. The number of carbonyl (C=O) groups is 1. The van der Waals surface area contributed by atoms with Gasteiger partial charge in [0, 0.05) is 36.8 Å². The molecule has 1 amide bonds. The molecule has 6 nitrogen and oxygen atoms in total. The molecule has 1 aromatic carbocycles. The summed E-state index contributed by atoms with van der Waals surface area (Å²) in [6, 6.07) is 8.19. The molecular weight excluding hydrogens is 332 g/mol. The lowest BCUT2D eigenvalue weighted by Crippen LogP contribution is -2.60. The Hall–Kier alpha value is -1.89. The molecule has 6 heteroatoms. The summed E-state index contributed by atoms with van der Waals surface area (Å²) in [5, 5.41) is 11.8. The van der Waals surface area contributed by atoms with Crippen LogP contribution < -0.4 is 0 Å². The number of rotatable bonds is 5. The molecule has 2 aromatic rings. The Labute approximate surface area is 153 Å². The molecule has 2 N–H and O–H groups in total. The standard InChI is InChI=1S/C20H26N2O4/c1-2-25-19-20(9-12-26-19)17(23)8-11-22(18(20)24)10-7-14-13-21-16-6-4-3-5-15(14)16/h3-6,13,17,19,21,23H,2,7-12H2,1H3. The van der Waals surface area contributed by atoms with E-state index in [1.807, 2.05) is 30.2 Å². The highest BCUT2D eigenvalue weighted by molar-refractivity contribution is 5.86. The summed E-state index contributed by atoms with van der Waals surface area (Å²) >= 11 is 0. The lowest BCUT2D eigenvalue weighted by molar-refractivity contribution is -0.206. The topological polar surface area (TPSA) is 74.8 Å². The Morgan fingerprint density at radius 3 is 3.12 bits per heavy atom. The third kappa shape index (κ3) is 2.73. The molecule has 2 aliphatic rings. The van der Waals surface area contributed by atoms with E-state index in [2.05, 4.69) is 17.1 Å². The number of aliphatic hydroxyl groups excluding tert-OH is 1. The normalized spacial score (nSPS) is 29.2. The zero-order valence-electron chi connectivity index (χ0n) is 15.1. The van der Waals surface area contributed by atoms with Crippen LogP contribution in [-0.4, -0.2) is 59.6 Å². The van der Waals surface area contributed by atoms with Crippen LogP contribution in [0.5, 0.6) is 0 Å². The Bertz CT molecular complexity index is 789. The summed E-state index contributed by atoms with van der Waals surface area (Å²) in [5.41, 5.74) is 1.37. The second-order valence-corrected chi connectivity index (χ2v) is 7.15. The average Bonchev–Trinajstić information content (AvgIpc) is 3.25. The van der Waals surface area contributed by atoms with Crippen LogP contribution in [0.15, 0.2) is 30.5 Å². The first-order valence-electron chi connectivity index (χ1n) is 9.42. The first-order chi connectivity index (χ1) is 12.7. The van der Waals surface area contributed by atoms with E-state index in [4.69, 9.17) is 9.47 Å². The number of hydrogen-bond donors (Lipinski definition) is 2. The van der Waals surface area contributed by atoms with Crippen LogP contribution in [0.25, 0.3) is 10.9 Å². The zero-order valence-corrected chi connectivity index (χ0v) is 15.1. The minimum absolute atomic E-state index is 0.0351. The van der Waals surface area contributed by atoms with Crippen molar-refractivity contribution in [3.05, 3.63) is 36.0 Å². The quantitative estimate of drug-likeness (QED) is 0.858. The summed E-state index contributed by atoms with van der Waals surface area (Å²) < 4.78 is 11.3. The maximum atomic E-state index is 13.3. The summed E-state index contributed by atoms with van der Waals surface area (Å²) in [6.45, 7) is 3.99. The summed E-state index contributed by atoms with van der Waals surface area (Å²) in [4.78, 5) is 18.4. The number of likely N-dealkylation sites (tertiary alicyclic amines) is 1. The molecule has 1 spiro atoms. The molecule has 26 heavy (non-hydrogen) atoms. The predicted molar refractivity (Wildman–Crippen MR) is 97.6 cm³/mol. The third-order valence-corrected chi connectivity index (χ3v) is 5.80. The Morgan fingerprint density at radius 1 is 1.42 bits per heavy atom. The van der Waals surface area contributed by atoms with Gasteiger partial charge in [-0.3, -0.25) is 4.79 Å². The number of ether oxygens (including phenoxy) is 2. The molecule has 4 rings (SSSR count). The van der Waals surface area contributed by atoms with Crippen molar-refractivity contribution in [2.45, 2.75) is 38.6 Å². The monoisotopic (exact) mass is 358 g/mol. The number of aliphatic hydroxyl groups is 1. The molecule has 3 atom stereocenters. The van der Waals surface area contributed by atoms with E-state index in [0.717, 1.165) is 11.9 Å². The number of para-hydroxylation sites is 1. The Kier molecular flexibility index (Phi) is 4.73. The molecule has 0 aliphatic carbocycles. The van der Waals surface area contributed by atoms with Crippen molar-refractivity contribution in [3.63, 3.8) is 0 Å². The van der Waals surface area contributed by atoms with E-state index < -0.39 is 17.8 Å². The van der Waals surface area contributed by atoms with Gasteiger partial charge in [-0.15, -0.1) is 0 Å². The van der Waals surface area contributed by atoms with Crippen molar-refractivity contribution in [2.75, 3.05) is 26.3 Å². The fourth-order valence-corrected chi connectivity index (χ4v) is 4.36. The van der Waals surface area contributed by atoms with Crippen molar-refractivity contribution in [1.82, 2.24) is 9.88 Å². The number of benzene rings is 1. The number of nitrogens with zero attached hydrogens (tertiary/aromatic N) is 1. The van der Waals surface area contributed by atoms with Gasteiger partial charge < -0.3 is 24.5 Å². The largest absolute Gasteiger partial charge is 0.392 e. The van der Waals surface area contributed by atoms with E-state index >= 15 is 0 Å². The second-order valence-electron chi connectivity index (χ2n) is 7.15. The lowest BCUT2D eigenvalue weighted by Gasteiger charge is -2.44. The first kappa shape index (κ1) is 17.5. The van der Waals surface area contributed by atoms with Crippen molar-refractivity contribution in [2.24, 2.45) is 5.41 Å². The number of H-pyrrole nitrogens is 1. The van der Waals surface area contributed by atoms with Crippen molar-refractivity contribution < 1.29 is 19.4 Å². The van der Waals surface area contributed by atoms with Gasteiger partial charge in [-0.05, 0) is 37.8 Å². The highest BCUT2D eigenvalue weighted by Crippen LogP contribution is 2.44. The van der Waals surface area contributed by atoms with Crippen molar-refractivity contribution in [3.8, 4) is 0 Å². The smallest absolute Gasteiger partial charge is 0.236 e. The van der Waals surface area contributed by atoms with E-state index in [0.29, 0.717) is 39.1 Å². The Balaban J connectivity index is 1.51. The average molecular weight is 358 g/mol. The minimum Gasteiger partial charge on any atom is -0.392 e. The molecule has 3 heterocycles. The number of aromatic nitrogens is 1. The number of carbonyl (C=O) groups excluding carboxylic acids is 1. The maximum Gasteiger partial charge on any atom is 0.236 e. The molecule has 3 unspecified atom stereocenters. The van der Waals surface area contributed by atoms with Gasteiger partial charge in [0.15, 0.2) is 6.29 Å². The van der Waals surface area contributed by atoms with E-state index in [9.17, 15) is 9.90 Å². The van der Waals surface area contributed by atoms with Crippen LogP contribution >= 0.6 is 0 Å². The first-order valence-corrected chi connectivity index (χ1v) is 9.42. The second kappa shape index (κ2) is 7.02. The van der Waals surface area contributed by atoms with Gasteiger partial charge in [0.05, 0.1) is 12.7 Å². The van der Waals surface area contributed by atoms with Crippen LogP contribution in [0.2, 0.25) is 0 Å². The number of hydrogen-bond acceptors (Lipinski definition) is 4. The number of fused-ring (bicyclic) bond motifs is 1.